The molecule has 2 amide bonds. The summed E-state index contributed by atoms with van der Waals surface area (Å²) in [4.78, 5) is 40.8. The molecule has 7 nitrogen and oxygen atoms in total. The van der Waals surface area contributed by atoms with Crippen LogP contribution in [0, 0.1) is 0 Å². The van der Waals surface area contributed by atoms with Crippen LogP contribution in [0.4, 0.5) is 10.7 Å². The van der Waals surface area contributed by atoms with Crippen LogP contribution in [0.3, 0.4) is 0 Å². The molecule has 1 aliphatic carbocycles. The largest absolute Gasteiger partial charge is 0.497 e. The molecule has 0 saturated carbocycles. The number of benzene rings is 3. The van der Waals surface area contributed by atoms with Crippen LogP contribution in [-0.2, 0) is 22.4 Å². The smallest absolute Gasteiger partial charge is 0.341 e. The molecule has 2 unspecified atom stereocenters. The number of methoxy groups -OCH3 is 2. The second-order valence-electron chi connectivity index (χ2n) is 10.0. The minimum atomic E-state index is -0.462. The van der Waals surface area contributed by atoms with E-state index < -0.39 is 11.2 Å². The summed E-state index contributed by atoms with van der Waals surface area (Å²) in [6, 6.07) is 24.7. The number of hydrogen-bond acceptors (Lipinski definition) is 7. The third-order valence-electron chi connectivity index (χ3n) is 7.27. The SMILES string of the molecule is COC(=O)c1c(NC(=O)C(C)Sc2cccc(NC(=O)c3cccc(OC)c3)c2)sc2c1CCC(c1ccccc1)C2. The van der Waals surface area contributed by atoms with Gasteiger partial charge < -0.3 is 20.1 Å². The Morgan fingerprint density at radius 3 is 2.50 bits per heavy atom. The number of fused-ring (bicyclic) bond motifs is 1. The molecular formula is C33H32N2O5S2. The first kappa shape index (κ1) is 29.4. The van der Waals surface area contributed by atoms with Crippen LogP contribution in [0.1, 0.15) is 56.0 Å². The highest BCUT2D eigenvalue weighted by Crippen LogP contribution is 2.43. The zero-order valence-electron chi connectivity index (χ0n) is 23.6. The molecule has 3 aromatic carbocycles. The Bertz CT molecular complexity index is 1600. The van der Waals surface area contributed by atoms with E-state index in [2.05, 4.69) is 22.8 Å². The number of thioether (sulfide) groups is 1. The number of esters is 1. The maximum absolute atomic E-state index is 13.3. The highest BCUT2D eigenvalue weighted by Gasteiger charge is 2.31. The molecule has 0 spiro atoms. The van der Waals surface area contributed by atoms with Crippen LogP contribution in [0.2, 0.25) is 0 Å². The van der Waals surface area contributed by atoms with Crippen LogP contribution in [-0.4, -0.2) is 37.3 Å². The molecule has 0 fully saturated rings. The van der Waals surface area contributed by atoms with Crippen molar-refractivity contribution in [2.24, 2.45) is 0 Å². The van der Waals surface area contributed by atoms with Gasteiger partial charge in [0.05, 0.1) is 25.0 Å². The minimum absolute atomic E-state index is 0.214. The molecule has 1 aromatic heterocycles. The van der Waals surface area contributed by atoms with Gasteiger partial charge in [-0.25, -0.2) is 4.79 Å². The van der Waals surface area contributed by atoms with E-state index in [1.165, 1.54) is 35.8 Å². The van der Waals surface area contributed by atoms with Crippen molar-refractivity contribution in [1.29, 1.82) is 0 Å². The average Bonchev–Trinajstić information content (AvgIpc) is 3.38. The molecule has 0 bridgehead atoms. The standard InChI is InChI=1S/C33H32N2O5S2/c1-20(41-26-14-8-12-24(19-26)34-31(37)23-11-7-13-25(17-23)39-2)30(36)35-32-29(33(38)40-3)27-16-15-22(18-28(27)42-32)21-9-5-4-6-10-21/h4-14,17,19-20,22H,15-16,18H2,1-3H3,(H,34,37)(H,35,36). The van der Waals surface area contributed by atoms with Gasteiger partial charge in [0.1, 0.15) is 10.8 Å². The molecule has 0 aliphatic heterocycles. The number of rotatable bonds is 9. The fraction of sp³-hybridized carbons (Fsp3) is 0.242. The average molecular weight is 601 g/mol. The predicted octanol–water partition coefficient (Wildman–Crippen LogP) is 7.19. The summed E-state index contributed by atoms with van der Waals surface area (Å²) in [5.74, 6) is 0.0746. The van der Waals surface area contributed by atoms with Gasteiger partial charge in [-0.2, -0.15) is 0 Å². The van der Waals surface area contributed by atoms with E-state index in [9.17, 15) is 14.4 Å². The summed E-state index contributed by atoms with van der Waals surface area (Å²) in [5.41, 5.74) is 3.84. The Labute approximate surface area is 253 Å². The number of carbonyl (C=O) groups excluding carboxylic acids is 3. The summed E-state index contributed by atoms with van der Waals surface area (Å²) in [6.45, 7) is 1.82. The summed E-state index contributed by atoms with van der Waals surface area (Å²) < 4.78 is 10.3. The fourth-order valence-electron chi connectivity index (χ4n) is 5.09. The Morgan fingerprint density at radius 1 is 0.952 bits per heavy atom. The Hall–Kier alpha value is -4.08. The highest BCUT2D eigenvalue weighted by atomic mass is 32.2. The van der Waals surface area contributed by atoms with Gasteiger partial charge in [0.2, 0.25) is 5.91 Å². The van der Waals surface area contributed by atoms with Crippen molar-refractivity contribution in [3.8, 4) is 5.75 Å². The van der Waals surface area contributed by atoms with Crippen molar-refractivity contribution in [2.75, 3.05) is 24.9 Å². The topological polar surface area (TPSA) is 93.7 Å². The maximum atomic E-state index is 13.3. The lowest BCUT2D eigenvalue weighted by molar-refractivity contribution is -0.115. The summed E-state index contributed by atoms with van der Waals surface area (Å²) >= 11 is 2.84. The quantitative estimate of drug-likeness (QED) is 0.156. The zero-order valence-corrected chi connectivity index (χ0v) is 25.3. The molecule has 1 aliphatic rings. The van der Waals surface area contributed by atoms with Gasteiger partial charge in [-0.1, -0.05) is 42.5 Å². The number of amides is 2. The second-order valence-corrected chi connectivity index (χ2v) is 12.5. The van der Waals surface area contributed by atoms with Crippen LogP contribution >= 0.6 is 23.1 Å². The molecule has 4 aromatic rings. The fourth-order valence-corrected chi connectivity index (χ4v) is 7.33. The first-order valence-corrected chi connectivity index (χ1v) is 15.4. The number of hydrogen-bond donors (Lipinski definition) is 2. The highest BCUT2D eigenvalue weighted by molar-refractivity contribution is 8.00. The van der Waals surface area contributed by atoms with E-state index in [4.69, 9.17) is 9.47 Å². The molecular weight excluding hydrogens is 569 g/mol. The van der Waals surface area contributed by atoms with Gasteiger partial charge in [-0.05, 0) is 79.6 Å². The van der Waals surface area contributed by atoms with Gasteiger partial charge in [-0.3, -0.25) is 9.59 Å². The van der Waals surface area contributed by atoms with Crippen LogP contribution in [0.25, 0.3) is 0 Å². The maximum Gasteiger partial charge on any atom is 0.341 e. The number of thiophene rings is 1. The molecule has 1 heterocycles. The first-order valence-electron chi connectivity index (χ1n) is 13.7. The summed E-state index contributed by atoms with van der Waals surface area (Å²) in [7, 11) is 2.92. The van der Waals surface area contributed by atoms with Gasteiger partial charge in [0.15, 0.2) is 0 Å². The molecule has 2 N–H and O–H groups in total. The Morgan fingerprint density at radius 2 is 1.74 bits per heavy atom. The van der Waals surface area contributed by atoms with Crippen LogP contribution < -0.4 is 15.4 Å². The van der Waals surface area contributed by atoms with E-state index in [1.54, 1.807) is 37.4 Å². The van der Waals surface area contributed by atoms with E-state index in [-0.39, 0.29) is 11.8 Å². The van der Waals surface area contributed by atoms with E-state index in [0.717, 1.165) is 34.6 Å². The summed E-state index contributed by atoms with van der Waals surface area (Å²) in [6.07, 6.45) is 2.51. The lowest BCUT2D eigenvalue weighted by Crippen LogP contribution is -2.23. The predicted molar refractivity (Wildman–Crippen MR) is 168 cm³/mol. The number of ether oxygens (including phenoxy) is 2. The molecule has 9 heteroatoms. The van der Waals surface area contributed by atoms with Crippen molar-refractivity contribution >= 4 is 51.6 Å². The molecule has 216 valence electrons. The molecule has 0 radical (unpaired) electrons. The van der Waals surface area contributed by atoms with Crippen molar-refractivity contribution in [3.63, 3.8) is 0 Å². The van der Waals surface area contributed by atoms with E-state index in [0.29, 0.717) is 33.5 Å². The third kappa shape index (κ3) is 6.69. The molecule has 42 heavy (non-hydrogen) atoms. The van der Waals surface area contributed by atoms with Crippen molar-refractivity contribution < 1.29 is 23.9 Å². The lowest BCUT2D eigenvalue weighted by Gasteiger charge is -2.22. The lowest BCUT2D eigenvalue weighted by atomic mass is 9.83. The number of anilines is 2. The monoisotopic (exact) mass is 600 g/mol. The number of carbonyl (C=O) groups is 3. The third-order valence-corrected chi connectivity index (χ3v) is 9.53. The molecule has 2 atom stereocenters. The summed E-state index contributed by atoms with van der Waals surface area (Å²) in [5, 5.41) is 5.99. The van der Waals surface area contributed by atoms with Crippen molar-refractivity contribution in [3.05, 3.63) is 106 Å². The van der Waals surface area contributed by atoms with Crippen molar-refractivity contribution in [2.45, 2.75) is 42.2 Å². The van der Waals surface area contributed by atoms with E-state index >= 15 is 0 Å². The van der Waals surface area contributed by atoms with Crippen LogP contribution in [0.5, 0.6) is 5.75 Å². The van der Waals surface area contributed by atoms with Crippen LogP contribution in [0.15, 0.2) is 83.8 Å². The van der Waals surface area contributed by atoms with Gasteiger partial charge in [0.25, 0.3) is 5.91 Å². The van der Waals surface area contributed by atoms with Crippen molar-refractivity contribution in [1.82, 2.24) is 0 Å². The molecule has 5 rings (SSSR count). The Balaban J connectivity index is 1.27. The van der Waals surface area contributed by atoms with Gasteiger partial charge >= 0.3 is 5.97 Å². The normalized spacial score (nSPS) is 14.8. The second kappa shape index (κ2) is 13.3. The molecule has 0 saturated heterocycles. The van der Waals surface area contributed by atoms with E-state index in [1.807, 2.05) is 43.3 Å². The first-order chi connectivity index (χ1) is 20.4. The minimum Gasteiger partial charge on any atom is -0.497 e. The zero-order chi connectivity index (χ0) is 29.6. The van der Waals surface area contributed by atoms with Gasteiger partial charge in [-0.15, -0.1) is 23.1 Å². The van der Waals surface area contributed by atoms with Gasteiger partial charge in [0, 0.05) is 21.0 Å². The Kier molecular flexibility index (Phi) is 9.29. The number of nitrogens with one attached hydrogen (secondary N) is 2.